The van der Waals surface area contributed by atoms with Crippen LogP contribution in [0, 0.1) is 0 Å². The summed E-state index contributed by atoms with van der Waals surface area (Å²) in [5.41, 5.74) is 0. The van der Waals surface area contributed by atoms with Crippen LogP contribution in [0.4, 0.5) is 0 Å². The van der Waals surface area contributed by atoms with E-state index in [0.29, 0.717) is 0 Å². The molecule has 0 aliphatic rings. The monoisotopic (exact) mass is 345 g/mol. The fourth-order valence-corrected chi connectivity index (χ4v) is 0. The van der Waals surface area contributed by atoms with Crippen molar-refractivity contribution in [1.29, 1.82) is 0 Å². The molecule has 0 fully saturated rings. The van der Waals surface area contributed by atoms with Crippen LogP contribution in [-0.2, 0) is 26.3 Å². The molecule has 0 aromatic rings. The molecule has 1 radical (unpaired) electrons. The summed E-state index contributed by atoms with van der Waals surface area (Å²) in [5, 5.41) is 0. The minimum atomic E-state index is -2.27. The van der Waals surface area contributed by atoms with E-state index in [1.807, 2.05) is 0 Å². The Balaban J connectivity index is 0. The van der Waals surface area contributed by atoms with Crippen molar-refractivity contribution in [3.05, 3.63) is 0 Å². The molecule has 0 atom stereocenters. The van der Waals surface area contributed by atoms with E-state index in [4.69, 9.17) is 6.15 Å². The van der Waals surface area contributed by atoms with Gasteiger partial charge in [-0.05, 0) is 0 Å². The van der Waals surface area contributed by atoms with Gasteiger partial charge in [0, 0.05) is 20.1 Å². The van der Waals surface area contributed by atoms with Crippen LogP contribution in [0.1, 0.15) is 0 Å². The molecule has 0 N–H and O–H groups in total. The number of hydrogen-bond donors (Lipinski definition) is 0. The molecule has 0 aromatic heterocycles. The van der Waals surface area contributed by atoms with Gasteiger partial charge in [-0.25, -0.2) is 0 Å². The minimum absolute atomic E-state index is 0. The maximum absolute atomic E-state index is 8.54. The quantitative estimate of drug-likeness (QED) is 0.550. The van der Waals surface area contributed by atoms with E-state index in [2.05, 4.69) is 0 Å². The van der Waals surface area contributed by atoms with Gasteiger partial charge in [0.2, 0.25) is 0 Å². The molecule has 0 aromatic carbocycles. The van der Waals surface area contributed by atoms with Crippen molar-refractivity contribution < 1.29 is 26.3 Å². The Labute approximate surface area is 47.3 Å². The normalized spacial score (nSPS) is 2.00. The second-order valence-corrected chi connectivity index (χ2v) is 0.559. The van der Waals surface area contributed by atoms with Gasteiger partial charge in [-0.3, -0.25) is 0 Å². The molecule has 0 aliphatic carbocycles. The van der Waals surface area contributed by atoms with E-state index in [0.717, 1.165) is 0 Å². The van der Waals surface area contributed by atoms with Gasteiger partial charge in [0.25, 0.3) is 0 Å². The van der Waals surface area contributed by atoms with Crippen molar-refractivity contribution in [2.24, 2.45) is 0 Å². The first-order chi connectivity index (χ1) is 1.41. The number of hydrogen-bond acceptors (Lipinski definition) is 2. The van der Waals surface area contributed by atoms with Crippen molar-refractivity contribution in [1.82, 2.24) is 0 Å². The van der Waals surface area contributed by atoms with E-state index in [1.165, 1.54) is 0 Å². The Bertz CT molecular complexity index is 27.0. The molecular formula is IrO2Sn. The summed E-state index contributed by atoms with van der Waals surface area (Å²) in [6.45, 7) is 0. The molecule has 0 bridgehead atoms. The van der Waals surface area contributed by atoms with Crippen LogP contribution >= 0.6 is 0 Å². The van der Waals surface area contributed by atoms with Crippen molar-refractivity contribution >= 4 is 21.1 Å². The summed E-state index contributed by atoms with van der Waals surface area (Å²) >= 11 is -2.27. The molecule has 0 aliphatic heterocycles. The first-order valence-electron chi connectivity index (χ1n) is 0.408. The first-order valence-corrected chi connectivity index (χ1v) is 2.74. The summed E-state index contributed by atoms with van der Waals surface area (Å²) in [7, 11) is 0. The average Bonchev–Trinajstić information content (AvgIpc) is 0.918. The predicted molar refractivity (Wildman–Crippen MR) is 7.13 cm³/mol. The SMILES string of the molecule is [Ir].[O]=[Sn]=[O]. The van der Waals surface area contributed by atoms with E-state index in [9.17, 15) is 0 Å². The fraction of sp³-hybridized carbons (Fsp3) is 0. The molecule has 0 spiro atoms. The van der Waals surface area contributed by atoms with E-state index in [1.54, 1.807) is 0 Å². The second kappa shape index (κ2) is 8.97. The van der Waals surface area contributed by atoms with Crippen molar-refractivity contribution in [3.63, 3.8) is 0 Å². The zero-order valence-electron chi connectivity index (χ0n) is 1.65. The molecule has 4 heavy (non-hydrogen) atoms. The molecule has 0 amide bonds. The Hall–Kier alpha value is 1.05. The predicted octanol–water partition coefficient (Wildman–Crippen LogP) is -0.621. The maximum atomic E-state index is 8.54. The van der Waals surface area contributed by atoms with Gasteiger partial charge in [0.15, 0.2) is 0 Å². The summed E-state index contributed by atoms with van der Waals surface area (Å²) < 4.78 is 17.1. The van der Waals surface area contributed by atoms with Gasteiger partial charge in [-0.2, -0.15) is 0 Å². The average molecular weight is 343 g/mol. The van der Waals surface area contributed by atoms with Crippen LogP contribution in [0.15, 0.2) is 0 Å². The van der Waals surface area contributed by atoms with Crippen LogP contribution in [0.3, 0.4) is 0 Å². The summed E-state index contributed by atoms with van der Waals surface area (Å²) in [4.78, 5) is 0. The molecule has 0 saturated carbocycles. The third-order valence-corrected chi connectivity index (χ3v) is 0. The topological polar surface area (TPSA) is 34.1 Å². The van der Waals surface area contributed by atoms with Gasteiger partial charge in [0.1, 0.15) is 0 Å². The molecule has 0 rings (SSSR count). The van der Waals surface area contributed by atoms with Crippen molar-refractivity contribution in [2.45, 2.75) is 0 Å². The standard InChI is InChI=1S/Ir.2O.Sn. The zero-order valence-corrected chi connectivity index (χ0v) is 6.90. The molecule has 4 heteroatoms. The van der Waals surface area contributed by atoms with Gasteiger partial charge >= 0.3 is 27.3 Å². The summed E-state index contributed by atoms with van der Waals surface area (Å²) in [5.74, 6) is 0. The van der Waals surface area contributed by atoms with Gasteiger partial charge in [0.05, 0.1) is 0 Å². The Morgan fingerprint density at radius 3 is 1.25 bits per heavy atom. The van der Waals surface area contributed by atoms with E-state index in [-0.39, 0.29) is 20.1 Å². The van der Waals surface area contributed by atoms with Crippen LogP contribution in [0.5, 0.6) is 0 Å². The molecule has 25 valence electrons. The zero-order chi connectivity index (χ0) is 2.71. The third-order valence-electron chi connectivity index (χ3n) is 0. The number of rotatable bonds is 0. The van der Waals surface area contributed by atoms with Crippen LogP contribution in [0.25, 0.3) is 0 Å². The van der Waals surface area contributed by atoms with Crippen molar-refractivity contribution in [2.75, 3.05) is 0 Å². The summed E-state index contributed by atoms with van der Waals surface area (Å²) in [6.07, 6.45) is 0. The molecule has 0 heterocycles. The van der Waals surface area contributed by atoms with Crippen LogP contribution in [0.2, 0.25) is 0 Å². The van der Waals surface area contributed by atoms with E-state index >= 15 is 0 Å². The molecule has 2 nitrogen and oxygen atoms in total. The Morgan fingerprint density at radius 1 is 1.25 bits per heavy atom. The molecule has 0 unspecified atom stereocenters. The van der Waals surface area contributed by atoms with Gasteiger partial charge in [-0.1, -0.05) is 0 Å². The second-order valence-electron chi connectivity index (χ2n) is 0.0833. The molecular weight excluding hydrogens is 343 g/mol. The van der Waals surface area contributed by atoms with Crippen LogP contribution in [-0.4, -0.2) is 21.1 Å². The summed E-state index contributed by atoms with van der Waals surface area (Å²) in [6, 6.07) is 0. The fourth-order valence-electron chi connectivity index (χ4n) is 0. The Kier molecular flexibility index (Phi) is 20.0. The first kappa shape index (κ1) is 8.90. The van der Waals surface area contributed by atoms with Gasteiger partial charge < -0.3 is 0 Å². The van der Waals surface area contributed by atoms with Crippen molar-refractivity contribution in [3.8, 4) is 0 Å². The Morgan fingerprint density at radius 2 is 1.25 bits per heavy atom. The van der Waals surface area contributed by atoms with Gasteiger partial charge in [-0.15, -0.1) is 0 Å². The third kappa shape index (κ3) is 11.6. The van der Waals surface area contributed by atoms with E-state index < -0.39 is 21.1 Å². The molecule has 0 saturated heterocycles. The van der Waals surface area contributed by atoms with Crippen LogP contribution < -0.4 is 0 Å².